The van der Waals surface area contributed by atoms with E-state index in [1.165, 1.54) is 12.1 Å². The van der Waals surface area contributed by atoms with Crippen LogP contribution in [0.2, 0.25) is 5.02 Å². The summed E-state index contributed by atoms with van der Waals surface area (Å²) in [5, 5.41) is 10.8. The molecular formula is C13H12ClN3O3. The Morgan fingerprint density at radius 3 is 2.40 bits per heavy atom. The molecule has 0 spiro atoms. The molecule has 7 heteroatoms. The van der Waals surface area contributed by atoms with Gasteiger partial charge in [-0.05, 0) is 38.1 Å². The number of benzene rings is 1. The predicted molar refractivity (Wildman–Crippen MR) is 75.7 cm³/mol. The summed E-state index contributed by atoms with van der Waals surface area (Å²) in [4.78, 5) is 22.3. The van der Waals surface area contributed by atoms with Crippen LogP contribution < -0.4 is 5.43 Å². The van der Waals surface area contributed by atoms with E-state index in [4.69, 9.17) is 11.6 Å². The van der Waals surface area contributed by atoms with Gasteiger partial charge in [0.05, 0.1) is 4.92 Å². The summed E-state index contributed by atoms with van der Waals surface area (Å²) < 4.78 is 1.61. The molecule has 0 aliphatic heterocycles. The topological polar surface area (TPSA) is 77.2 Å². The molecule has 2 aromatic rings. The number of nitrogens with one attached hydrogen (secondary N) is 1. The van der Waals surface area contributed by atoms with Crippen LogP contribution in [0.3, 0.4) is 0 Å². The number of aromatic nitrogens is 1. The lowest BCUT2D eigenvalue weighted by Gasteiger charge is -2.11. The Kier molecular flexibility index (Phi) is 3.76. The van der Waals surface area contributed by atoms with E-state index in [1.807, 2.05) is 26.0 Å². The molecule has 1 aromatic heterocycles. The van der Waals surface area contributed by atoms with Gasteiger partial charge < -0.3 is 0 Å². The lowest BCUT2D eigenvalue weighted by Crippen LogP contribution is -2.24. The third-order valence-corrected chi connectivity index (χ3v) is 3.21. The zero-order chi connectivity index (χ0) is 14.9. The molecule has 0 aliphatic carbocycles. The number of carbonyl (C=O) groups is 1. The summed E-state index contributed by atoms with van der Waals surface area (Å²) in [5.74, 6) is -0.438. The van der Waals surface area contributed by atoms with E-state index in [2.05, 4.69) is 5.43 Å². The first-order valence-corrected chi connectivity index (χ1v) is 6.18. The number of aryl methyl sites for hydroxylation is 2. The molecule has 0 fully saturated rings. The highest BCUT2D eigenvalue weighted by molar-refractivity contribution is 6.32. The Morgan fingerprint density at radius 2 is 1.85 bits per heavy atom. The SMILES string of the molecule is Cc1ccc(C)n1NC(=O)c1ccc(Cl)c([N+](=O)[O-])c1. The minimum absolute atomic E-state index is 0.000115. The highest BCUT2D eigenvalue weighted by Gasteiger charge is 2.17. The second-order valence-corrected chi connectivity index (χ2v) is 4.72. The van der Waals surface area contributed by atoms with Crippen LogP contribution in [-0.2, 0) is 0 Å². The van der Waals surface area contributed by atoms with Crippen molar-refractivity contribution in [2.45, 2.75) is 13.8 Å². The van der Waals surface area contributed by atoms with Crippen LogP contribution >= 0.6 is 11.6 Å². The van der Waals surface area contributed by atoms with E-state index >= 15 is 0 Å². The molecular weight excluding hydrogens is 282 g/mol. The van der Waals surface area contributed by atoms with Crippen molar-refractivity contribution >= 4 is 23.2 Å². The molecule has 2 rings (SSSR count). The summed E-state index contributed by atoms with van der Waals surface area (Å²) >= 11 is 5.71. The average Bonchev–Trinajstić information content (AvgIpc) is 2.70. The first-order chi connectivity index (χ1) is 9.40. The monoisotopic (exact) mass is 293 g/mol. The van der Waals surface area contributed by atoms with E-state index < -0.39 is 10.8 Å². The average molecular weight is 294 g/mol. The van der Waals surface area contributed by atoms with Gasteiger partial charge in [-0.1, -0.05) is 11.6 Å². The van der Waals surface area contributed by atoms with E-state index in [-0.39, 0.29) is 16.3 Å². The Balaban J connectivity index is 2.30. The van der Waals surface area contributed by atoms with Gasteiger partial charge in [-0.25, -0.2) is 0 Å². The number of hydrogen-bond acceptors (Lipinski definition) is 3. The molecule has 0 atom stereocenters. The third-order valence-electron chi connectivity index (χ3n) is 2.89. The van der Waals surface area contributed by atoms with E-state index in [1.54, 1.807) is 4.68 Å². The third kappa shape index (κ3) is 2.65. The number of nitro groups is 1. The summed E-state index contributed by atoms with van der Waals surface area (Å²) in [6.45, 7) is 3.69. The van der Waals surface area contributed by atoms with Crippen molar-refractivity contribution in [3.05, 3.63) is 62.4 Å². The van der Waals surface area contributed by atoms with Crippen molar-refractivity contribution < 1.29 is 9.72 Å². The second-order valence-electron chi connectivity index (χ2n) is 4.32. The van der Waals surface area contributed by atoms with Gasteiger partial charge in [0.1, 0.15) is 5.02 Å². The van der Waals surface area contributed by atoms with Crippen molar-refractivity contribution in [3.63, 3.8) is 0 Å². The molecule has 0 saturated carbocycles. The van der Waals surface area contributed by atoms with Gasteiger partial charge in [-0.2, -0.15) is 0 Å². The van der Waals surface area contributed by atoms with Gasteiger partial charge in [0.2, 0.25) is 0 Å². The van der Waals surface area contributed by atoms with Gasteiger partial charge in [0.15, 0.2) is 0 Å². The maximum atomic E-state index is 12.1. The van der Waals surface area contributed by atoms with Crippen molar-refractivity contribution in [2.24, 2.45) is 0 Å². The first kappa shape index (κ1) is 14.1. The van der Waals surface area contributed by atoms with Crippen LogP contribution in [0.25, 0.3) is 0 Å². The molecule has 0 radical (unpaired) electrons. The Hall–Kier alpha value is -2.34. The van der Waals surface area contributed by atoms with Crippen LogP contribution in [0.5, 0.6) is 0 Å². The van der Waals surface area contributed by atoms with Gasteiger partial charge in [0.25, 0.3) is 11.6 Å². The molecule has 6 nitrogen and oxygen atoms in total. The predicted octanol–water partition coefficient (Wildman–Crippen LogP) is 3.05. The fourth-order valence-electron chi connectivity index (χ4n) is 1.80. The fourth-order valence-corrected chi connectivity index (χ4v) is 1.99. The number of carbonyl (C=O) groups excluding carboxylic acids is 1. The fraction of sp³-hybridized carbons (Fsp3) is 0.154. The van der Waals surface area contributed by atoms with Crippen molar-refractivity contribution in [3.8, 4) is 0 Å². The molecule has 1 aromatic carbocycles. The van der Waals surface area contributed by atoms with Gasteiger partial charge >= 0.3 is 0 Å². The molecule has 20 heavy (non-hydrogen) atoms. The number of halogens is 1. The summed E-state index contributed by atoms with van der Waals surface area (Å²) in [6.07, 6.45) is 0. The van der Waals surface area contributed by atoms with E-state index in [0.29, 0.717) is 0 Å². The highest BCUT2D eigenvalue weighted by atomic mass is 35.5. The molecule has 1 amide bonds. The van der Waals surface area contributed by atoms with Crippen LogP contribution in [0.15, 0.2) is 30.3 Å². The van der Waals surface area contributed by atoms with Crippen molar-refractivity contribution in [1.29, 1.82) is 0 Å². The largest absolute Gasteiger partial charge is 0.288 e. The van der Waals surface area contributed by atoms with E-state index in [9.17, 15) is 14.9 Å². The first-order valence-electron chi connectivity index (χ1n) is 5.80. The maximum absolute atomic E-state index is 12.1. The normalized spacial score (nSPS) is 10.3. The lowest BCUT2D eigenvalue weighted by molar-refractivity contribution is -0.384. The van der Waals surface area contributed by atoms with Crippen LogP contribution in [0.4, 0.5) is 5.69 Å². The minimum atomic E-state index is -0.620. The van der Waals surface area contributed by atoms with Crippen LogP contribution in [-0.4, -0.2) is 15.5 Å². The molecule has 0 saturated heterocycles. The minimum Gasteiger partial charge on any atom is -0.267 e. The quantitative estimate of drug-likeness (QED) is 0.698. The number of nitrogens with zero attached hydrogens (tertiary/aromatic N) is 2. The maximum Gasteiger partial charge on any atom is 0.288 e. The van der Waals surface area contributed by atoms with Gasteiger partial charge in [-0.15, -0.1) is 0 Å². The number of rotatable bonds is 3. The Labute approximate surface area is 120 Å². The van der Waals surface area contributed by atoms with Gasteiger partial charge in [-0.3, -0.25) is 25.0 Å². The smallest absolute Gasteiger partial charge is 0.267 e. The molecule has 0 aliphatic rings. The lowest BCUT2D eigenvalue weighted by atomic mass is 10.2. The summed E-state index contributed by atoms with van der Waals surface area (Å²) in [7, 11) is 0. The molecule has 1 heterocycles. The Morgan fingerprint density at radius 1 is 1.25 bits per heavy atom. The van der Waals surface area contributed by atoms with Gasteiger partial charge in [0, 0.05) is 23.0 Å². The zero-order valence-electron chi connectivity index (χ0n) is 10.9. The van der Waals surface area contributed by atoms with Crippen molar-refractivity contribution in [1.82, 2.24) is 4.68 Å². The Bertz CT molecular complexity index is 675. The number of hydrogen-bond donors (Lipinski definition) is 1. The highest BCUT2D eigenvalue weighted by Crippen LogP contribution is 2.25. The molecule has 1 N–H and O–H groups in total. The molecule has 0 bridgehead atoms. The standard InChI is InChI=1S/C13H12ClN3O3/c1-8-3-4-9(2)16(8)15-13(18)10-5-6-11(14)12(7-10)17(19)20/h3-7H,1-2H3,(H,15,18). The van der Waals surface area contributed by atoms with Crippen LogP contribution in [0.1, 0.15) is 21.7 Å². The second kappa shape index (κ2) is 5.34. The van der Waals surface area contributed by atoms with E-state index in [0.717, 1.165) is 17.5 Å². The van der Waals surface area contributed by atoms with Crippen LogP contribution in [0, 0.1) is 24.0 Å². The molecule has 104 valence electrons. The van der Waals surface area contributed by atoms with Crippen molar-refractivity contribution in [2.75, 3.05) is 5.43 Å². The summed E-state index contributed by atoms with van der Waals surface area (Å²) in [5.41, 5.74) is 4.28. The number of amides is 1. The summed E-state index contributed by atoms with van der Waals surface area (Å²) in [6, 6.07) is 7.66. The molecule has 0 unspecified atom stereocenters. The number of nitro benzene ring substituents is 1. The zero-order valence-corrected chi connectivity index (χ0v) is 11.6.